The summed E-state index contributed by atoms with van der Waals surface area (Å²) in [7, 11) is 0. The van der Waals surface area contributed by atoms with Gasteiger partial charge in [-0.05, 0) is 31.8 Å². The first kappa shape index (κ1) is 13.6. The first-order valence-electron chi connectivity index (χ1n) is 6.98. The van der Waals surface area contributed by atoms with E-state index < -0.39 is 0 Å². The quantitative estimate of drug-likeness (QED) is 0.757. The molecule has 1 aliphatic rings. The molecule has 0 aliphatic carbocycles. The van der Waals surface area contributed by atoms with Crippen molar-refractivity contribution in [2.24, 2.45) is 5.92 Å². The van der Waals surface area contributed by atoms with E-state index in [1.165, 1.54) is 0 Å². The molecule has 102 valence electrons. The molecule has 4 nitrogen and oxygen atoms in total. The molecule has 2 heterocycles. The Balaban J connectivity index is 1.67. The van der Waals surface area contributed by atoms with Crippen LogP contribution in [0.4, 0.5) is 0 Å². The van der Waals surface area contributed by atoms with Gasteiger partial charge in [-0.1, -0.05) is 13.8 Å². The third-order valence-corrected chi connectivity index (χ3v) is 3.20. The summed E-state index contributed by atoms with van der Waals surface area (Å²) in [6, 6.07) is 0. The summed E-state index contributed by atoms with van der Waals surface area (Å²) in [6.45, 7) is 8.18. The lowest BCUT2D eigenvalue weighted by Crippen LogP contribution is -2.21. The fourth-order valence-electron chi connectivity index (χ4n) is 2.14. The number of nitrogens with one attached hydrogen (secondary N) is 1. The molecule has 1 unspecified atom stereocenters. The van der Waals surface area contributed by atoms with E-state index in [1.807, 2.05) is 6.20 Å². The fraction of sp³-hybridized carbons (Fsp3) is 0.786. The maximum absolute atomic E-state index is 5.78. The van der Waals surface area contributed by atoms with Crippen molar-refractivity contribution in [2.75, 3.05) is 26.3 Å². The summed E-state index contributed by atoms with van der Waals surface area (Å²) in [5, 5.41) is 3.43. The molecule has 2 rings (SSSR count). The van der Waals surface area contributed by atoms with Crippen LogP contribution in [0.1, 0.15) is 44.3 Å². The zero-order valence-electron chi connectivity index (χ0n) is 11.4. The molecular formula is C14H24N2O2. The molecule has 4 heteroatoms. The van der Waals surface area contributed by atoms with E-state index in [9.17, 15) is 0 Å². The van der Waals surface area contributed by atoms with Crippen LogP contribution in [-0.2, 0) is 11.2 Å². The van der Waals surface area contributed by atoms with Crippen molar-refractivity contribution in [1.29, 1.82) is 0 Å². The SMILES string of the molecule is CC(C)CNCCCc1ncc(C2CCOC2)o1. The van der Waals surface area contributed by atoms with Crippen molar-refractivity contribution in [3.05, 3.63) is 17.8 Å². The average molecular weight is 252 g/mol. The molecule has 0 radical (unpaired) electrons. The summed E-state index contributed by atoms with van der Waals surface area (Å²) in [4.78, 5) is 4.34. The number of aromatic nitrogens is 1. The predicted molar refractivity (Wildman–Crippen MR) is 70.7 cm³/mol. The molecule has 1 aromatic heterocycles. The van der Waals surface area contributed by atoms with Crippen LogP contribution in [0.2, 0.25) is 0 Å². The van der Waals surface area contributed by atoms with E-state index in [0.29, 0.717) is 11.8 Å². The lowest BCUT2D eigenvalue weighted by molar-refractivity contribution is 0.191. The second-order valence-corrected chi connectivity index (χ2v) is 5.42. The van der Waals surface area contributed by atoms with Crippen LogP contribution >= 0.6 is 0 Å². The number of ether oxygens (including phenoxy) is 1. The molecule has 1 N–H and O–H groups in total. The standard InChI is InChI=1S/C14H24N2O2/c1-11(2)8-15-6-3-4-14-16-9-13(18-14)12-5-7-17-10-12/h9,11-12,15H,3-8,10H2,1-2H3. The summed E-state index contributed by atoms with van der Waals surface area (Å²) in [5.74, 6) is 2.99. The van der Waals surface area contributed by atoms with Crippen LogP contribution in [-0.4, -0.2) is 31.3 Å². The van der Waals surface area contributed by atoms with Gasteiger partial charge in [-0.25, -0.2) is 4.98 Å². The van der Waals surface area contributed by atoms with Gasteiger partial charge in [0.25, 0.3) is 0 Å². The zero-order chi connectivity index (χ0) is 12.8. The predicted octanol–water partition coefficient (Wildman–Crippen LogP) is 2.36. The molecule has 1 saturated heterocycles. The molecule has 1 fully saturated rings. The van der Waals surface area contributed by atoms with Gasteiger partial charge in [-0.15, -0.1) is 0 Å². The van der Waals surface area contributed by atoms with Crippen molar-refractivity contribution in [3.63, 3.8) is 0 Å². The Hall–Kier alpha value is -0.870. The maximum atomic E-state index is 5.78. The highest BCUT2D eigenvalue weighted by molar-refractivity contribution is 5.03. The third-order valence-electron chi connectivity index (χ3n) is 3.20. The van der Waals surface area contributed by atoms with E-state index in [-0.39, 0.29) is 0 Å². The summed E-state index contributed by atoms with van der Waals surface area (Å²) in [5.41, 5.74) is 0. The van der Waals surface area contributed by atoms with Gasteiger partial charge in [0.2, 0.25) is 0 Å². The van der Waals surface area contributed by atoms with Crippen LogP contribution < -0.4 is 5.32 Å². The van der Waals surface area contributed by atoms with Crippen LogP contribution in [0, 0.1) is 5.92 Å². The third kappa shape index (κ3) is 4.10. The van der Waals surface area contributed by atoms with Gasteiger partial charge in [-0.3, -0.25) is 0 Å². The number of aryl methyl sites for hydroxylation is 1. The van der Waals surface area contributed by atoms with Crippen LogP contribution in [0.15, 0.2) is 10.6 Å². The number of oxazole rings is 1. The first-order chi connectivity index (χ1) is 8.75. The second-order valence-electron chi connectivity index (χ2n) is 5.42. The number of hydrogen-bond acceptors (Lipinski definition) is 4. The fourth-order valence-corrected chi connectivity index (χ4v) is 2.14. The summed E-state index contributed by atoms with van der Waals surface area (Å²) in [6.07, 6.45) is 4.92. The smallest absolute Gasteiger partial charge is 0.194 e. The van der Waals surface area contributed by atoms with Gasteiger partial charge in [0.1, 0.15) is 5.76 Å². The van der Waals surface area contributed by atoms with Crippen molar-refractivity contribution in [1.82, 2.24) is 10.3 Å². The molecule has 18 heavy (non-hydrogen) atoms. The molecular weight excluding hydrogens is 228 g/mol. The first-order valence-corrected chi connectivity index (χ1v) is 6.98. The summed E-state index contributed by atoms with van der Waals surface area (Å²) >= 11 is 0. The van der Waals surface area contributed by atoms with E-state index in [0.717, 1.165) is 57.2 Å². The molecule has 0 amide bonds. The number of rotatable bonds is 7. The van der Waals surface area contributed by atoms with Gasteiger partial charge < -0.3 is 14.5 Å². The van der Waals surface area contributed by atoms with E-state index >= 15 is 0 Å². The Morgan fingerprint density at radius 1 is 1.50 bits per heavy atom. The Kier molecular flexibility index (Phi) is 5.20. The van der Waals surface area contributed by atoms with Crippen molar-refractivity contribution >= 4 is 0 Å². The molecule has 1 aliphatic heterocycles. The average Bonchev–Trinajstić information content (AvgIpc) is 2.98. The number of nitrogens with zero attached hydrogens (tertiary/aromatic N) is 1. The van der Waals surface area contributed by atoms with Crippen molar-refractivity contribution in [3.8, 4) is 0 Å². The van der Waals surface area contributed by atoms with Gasteiger partial charge in [0, 0.05) is 18.9 Å². The van der Waals surface area contributed by atoms with Crippen LogP contribution in [0.5, 0.6) is 0 Å². The van der Waals surface area contributed by atoms with Crippen molar-refractivity contribution in [2.45, 2.75) is 39.0 Å². The van der Waals surface area contributed by atoms with Gasteiger partial charge >= 0.3 is 0 Å². The minimum Gasteiger partial charge on any atom is -0.445 e. The molecule has 0 aromatic carbocycles. The topological polar surface area (TPSA) is 47.3 Å². The second kappa shape index (κ2) is 6.90. The highest BCUT2D eigenvalue weighted by Crippen LogP contribution is 2.25. The minimum atomic E-state index is 0.422. The molecule has 0 spiro atoms. The highest BCUT2D eigenvalue weighted by Gasteiger charge is 2.21. The Morgan fingerprint density at radius 3 is 3.11 bits per heavy atom. The highest BCUT2D eigenvalue weighted by atomic mass is 16.5. The van der Waals surface area contributed by atoms with Crippen LogP contribution in [0.25, 0.3) is 0 Å². The number of hydrogen-bond donors (Lipinski definition) is 1. The molecule has 1 atom stereocenters. The van der Waals surface area contributed by atoms with Gasteiger partial charge in [0.05, 0.1) is 12.8 Å². The van der Waals surface area contributed by atoms with Gasteiger partial charge in [-0.2, -0.15) is 0 Å². The van der Waals surface area contributed by atoms with Gasteiger partial charge in [0.15, 0.2) is 5.89 Å². The maximum Gasteiger partial charge on any atom is 0.194 e. The Bertz CT molecular complexity index is 343. The Labute approximate surface area is 109 Å². The molecule has 0 saturated carbocycles. The molecule has 0 bridgehead atoms. The largest absolute Gasteiger partial charge is 0.445 e. The normalized spacial score (nSPS) is 19.8. The Morgan fingerprint density at radius 2 is 2.39 bits per heavy atom. The van der Waals surface area contributed by atoms with E-state index in [1.54, 1.807) is 0 Å². The zero-order valence-corrected chi connectivity index (χ0v) is 11.4. The lowest BCUT2D eigenvalue weighted by atomic mass is 10.1. The van der Waals surface area contributed by atoms with E-state index in [2.05, 4.69) is 24.1 Å². The minimum absolute atomic E-state index is 0.422. The van der Waals surface area contributed by atoms with Crippen LogP contribution in [0.3, 0.4) is 0 Å². The summed E-state index contributed by atoms with van der Waals surface area (Å²) < 4.78 is 11.1. The monoisotopic (exact) mass is 252 g/mol. The molecule has 1 aromatic rings. The van der Waals surface area contributed by atoms with E-state index in [4.69, 9.17) is 9.15 Å². The lowest BCUT2D eigenvalue weighted by Gasteiger charge is -2.06. The van der Waals surface area contributed by atoms with Crippen molar-refractivity contribution < 1.29 is 9.15 Å².